The standard InChI is InChI=1S/C5H9NO3S.Ca.2H/c1-3(7)6-4(2-10)5(8)9;;;/h4,10H,2H2,1H3,(H,6,7)(H,8,9);;;/q;+2;2*-1/t4-;;;/m0.../s1. The van der Waals surface area contributed by atoms with Gasteiger partial charge in [0.2, 0.25) is 5.91 Å². The van der Waals surface area contributed by atoms with Crippen LogP contribution in [0.2, 0.25) is 0 Å². The fourth-order valence-corrected chi connectivity index (χ4v) is 0.678. The number of thiol groups is 1. The van der Waals surface area contributed by atoms with Gasteiger partial charge < -0.3 is 13.3 Å². The summed E-state index contributed by atoms with van der Waals surface area (Å²) in [4.78, 5) is 20.5. The number of carbonyl (C=O) groups is 2. The predicted molar refractivity (Wildman–Crippen MR) is 47.1 cm³/mol. The van der Waals surface area contributed by atoms with Crippen molar-refractivity contribution in [3.63, 3.8) is 0 Å². The first kappa shape index (κ1) is 14.1. The van der Waals surface area contributed by atoms with Gasteiger partial charge >= 0.3 is 43.7 Å². The number of amides is 1. The molecule has 0 heterocycles. The van der Waals surface area contributed by atoms with Crippen molar-refractivity contribution in [2.45, 2.75) is 13.0 Å². The van der Waals surface area contributed by atoms with Crippen LogP contribution in [0.1, 0.15) is 9.78 Å². The zero-order valence-electron chi connectivity index (χ0n) is 8.20. The number of hydrogen-bond donors (Lipinski definition) is 3. The van der Waals surface area contributed by atoms with Crippen molar-refractivity contribution in [1.29, 1.82) is 0 Å². The summed E-state index contributed by atoms with van der Waals surface area (Å²) in [5.74, 6) is -1.32. The molecule has 0 fully saturated rings. The number of carbonyl (C=O) groups excluding carboxylic acids is 1. The van der Waals surface area contributed by atoms with Crippen LogP contribution >= 0.6 is 12.6 Å². The van der Waals surface area contributed by atoms with Crippen molar-refractivity contribution in [2.24, 2.45) is 0 Å². The number of hydrogen-bond acceptors (Lipinski definition) is 3. The molecule has 2 N–H and O–H groups in total. The van der Waals surface area contributed by atoms with Gasteiger partial charge in [0.05, 0.1) is 0 Å². The van der Waals surface area contributed by atoms with Crippen LogP contribution in [0.3, 0.4) is 0 Å². The Balaban J connectivity index is -0.000000135. The van der Waals surface area contributed by atoms with Crippen LogP contribution in [0.15, 0.2) is 0 Å². The number of carboxylic acid groups (broad SMARTS) is 1. The summed E-state index contributed by atoms with van der Waals surface area (Å²) in [6.07, 6.45) is 0. The molecule has 11 heavy (non-hydrogen) atoms. The van der Waals surface area contributed by atoms with Crippen LogP contribution < -0.4 is 5.32 Å². The molecule has 1 amide bonds. The number of nitrogens with one attached hydrogen (secondary N) is 1. The van der Waals surface area contributed by atoms with Crippen molar-refractivity contribution in [2.75, 3.05) is 5.75 Å². The summed E-state index contributed by atoms with van der Waals surface area (Å²) in [6, 6.07) is -0.874. The molecule has 0 saturated carbocycles. The Labute approximate surface area is 103 Å². The monoisotopic (exact) mass is 205 g/mol. The average molecular weight is 205 g/mol. The summed E-state index contributed by atoms with van der Waals surface area (Å²) in [5.41, 5.74) is 0. The van der Waals surface area contributed by atoms with E-state index in [1.165, 1.54) is 6.92 Å². The predicted octanol–water partition coefficient (Wildman–Crippen LogP) is -0.650. The molecule has 0 rings (SSSR count). The van der Waals surface area contributed by atoms with E-state index in [1.807, 2.05) is 0 Å². The van der Waals surface area contributed by atoms with E-state index >= 15 is 0 Å². The van der Waals surface area contributed by atoms with Crippen molar-refractivity contribution in [1.82, 2.24) is 5.32 Å². The topological polar surface area (TPSA) is 66.4 Å². The zero-order chi connectivity index (χ0) is 8.15. The van der Waals surface area contributed by atoms with E-state index in [1.54, 1.807) is 0 Å². The van der Waals surface area contributed by atoms with Crippen LogP contribution in [-0.2, 0) is 9.59 Å². The van der Waals surface area contributed by atoms with Crippen molar-refractivity contribution in [3.05, 3.63) is 0 Å². The molecule has 0 saturated heterocycles. The summed E-state index contributed by atoms with van der Waals surface area (Å²) in [6.45, 7) is 1.26. The molecule has 0 spiro atoms. The molecule has 62 valence electrons. The molecular formula is C5H11CaNO3S. The average Bonchev–Trinajstić information content (AvgIpc) is 1.81. The number of aliphatic carboxylic acids is 1. The van der Waals surface area contributed by atoms with Crippen molar-refractivity contribution < 1.29 is 17.5 Å². The maximum Gasteiger partial charge on any atom is 2.00 e. The molecule has 0 unspecified atom stereocenters. The molecule has 6 heteroatoms. The van der Waals surface area contributed by atoms with E-state index in [9.17, 15) is 9.59 Å². The summed E-state index contributed by atoms with van der Waals surface area (Å²) < 4.78 is 0. The normalized spacial score (nSPS) is 11.1. The van der Waals surface area contributed by atoms with Gasteiger partial charge in [-0.2, -0.15) is 12.6 Å². The Morgan fingerprint density at radius 3 is 2.27 bits per heavy atom. The van der Waals surface area contributed by atoms with Gasteiger partial charge in [-0.3, -0.25) is 4.79 Å². The molecule has 0 bridgehead atoms. The van der Waals surface area contributed by atoms with Gasteiger partial charge in [-0.05, 0) is 0 Å². The van der Waals surface area contributed by atoms with E-state index in [0.717, 1.165) is 0 Å². The Morgan fingerprint density at radius 1 is 1.73 bits per heavy atom. The second kappa shape index (κ2) is 7.21. The number of rotatable bonds is 3. The quantitative estimate of drug-likeness (QED) is 0.424. The Hall–Kier alpha value is 0.550. The van der Waals surface area contributed by atoms with Crippen molar-refractivity contribution in [3.8, 4) is 0 Å². The molecule has 0 aliphatic carbocycles. The van der Waals surface area contributed by atoms with Crippen LogP contribution in [-0.4, -0.2) is 66.5 Å². The zero-order valence-corrected chi connectivity index (χ0v) is 9.31. The minimum absolute atomic E-state index is 0. The Kier molecular flexibility index (Phi) is 9.24. The Bertz CT molecular complexity index is 161. The summed E-state index contributed by atoms with van der Waals surface area (Å²) in [7, 11) is 0. The Morgan fingerprint density at radius 2 is 2.18 bits per heavy atom. The molecule has 4 nitrogen and oxygen atoms in total. The minimum Gasteiger partial charge on any atom is -1.00 e. The van der Waals surface area contributed by atoms with E-state index in [2.05, 4.69) is 17.9 Å². The van der Waals surface area contributed by atoms with Crippen LogP contribution in [0.5, 0.6) is 0 Å². The minimum atomic E-state index is -1.06. The first-order valence-corrected chi connectivity index (χ1v) is 3.32. The molecule has 0 aromatic rings. The van der Waals surface area contributed by atoms with E-state index in [-0.39, 0.29) is 52.3 Å². The van der Waals surface area contributed by atoms with Gasteiger partial charge in [-0.25, -0.2) is 4.79 Å². The van der Waals surface area contributed by atoms with E-state index < -0.39 is 12.0 Å². The maximum atomic E-state index is 10.3. The van der Waals surface area contributed by atoms with E-state index in [4.69, 9.17) is 5.11 Å². The van der Waals surface area contributed by atoms with Gasteiger partial charge in [0.25, 0.3) is 0 Å². The van der Waals surface area contributed by atoms with Gasteiger partial charge in [-0.15, -0.1) is 0 Å². The van der Waals surface area contributed by atoms with Gasteiger partial charge in [0, 0.05) is 12.7 Å². The second-order valence-electron chi connectivity index (χ2n) is 1.77. The van der Waals surface area contributed by atoms with Crippen LogP contribution in [0, 0.1) is 0 Å². The third-order valence-electron chi connectivity index (χ3n) is 0.858. The molecule has 0 aromatic heterocycles. The molecule has 1 atom stereocenters. The fourth-order valence-electron chi connectivity index (χ4n) is 0.431. The fraction of sp³-hybridized carbons (Fsp3) is 0.600. The summed E-state index contributed by atoms with van der Waals surface area (Å²) in [5, 5.41) is 10.6. The number of carboxylic acids is 1. The van der Waals surface area contributed by atoms with Gasteiger partial charge in [0.15, 0.2) is 0 Å². The summed E-state index contributed by atoms with van der Waals surface area (Å²) >= 11 is 3.73. The first-order chi connectivity index (χ1) is 4.57. The SMILES string of the molecule is CC(=O)N[C@@H](CS)C(=O)O.[Ca+2].[H-].[H-]. The largest absolute Gasteiger partial charge is 2.00 e. The van der Waals surface area contributed by atoms with Crippen LogP contribution in [0.25, 0.3) is 0 Å². The molecular weight excluding hydrogens is 194 g/mol. The van der Waals surface area contributed by atoms with Gasteiger partial charge in [-0.1, -0.05) is 0 Å². The first-order valence-electron chi connectivity index (χ1n) is 2.68. The maximum absolute atomic E-state index is 10.3. The third-order valence-corrected chi connectivity index (χ3v) is 1.22. The molecule has 0 radical (unpaired) electrons. The van der Waals surface area contributed by atoms with Gasteiger partial charge in [0.1, 0.15) is 6.04 Å². The molecule has 0 aromatic carbocycles. The third kappa shape index (κ3) is 6.93. The van der Waals surface area contributed by atoms with E-state index in [0.29, 0.717) is 0 Å². The second-order valence-corrected chi connectivity index (χ2v) is 2.14. The molecule has 0 aliphatic heterocycles. The van der Waals surface area contributed by atoms with Crippen LogP contribution in [0.4, 0.5) is 0 Å². The smallest absolute Gasteiger partial charge is 1.00 e. The van der Waals surface area contributed by atoms with Crippen molar-refractivity contribution >= 4 is 62.2 Å². The molecule has 0 aliphatic rings.